The van der Waals surface area contributed by atoms with Gasteiger partial charge >= 0.3 is 0 Å². The summed E-state index contributed by atoms with van der Waals surface area (Å²) < 4.78 is 14.8. The Morgan fingerprint density at radius 3 is 2.59 bits per heavy atom. The lowest BCUT2D eigenvalue weighted by molar-refractivity contribution is 0.621. The van der Waals surface area contributed by atoms with Crippen LogP contribution in [0.4, 0.5) is 4.39 Å². The Bertz CT molecular complexity index is 1470. The first-order valence-electron chi connectivity index (χ1n) is 11.4. The van der Waals surface area contributed by atoms with Crippen molar-refractivity contribution >= 4 is 44.3 Å². The molecule has 0 radical (unpaired) electrons. The number of aryl methyl sites for hydroxylation is 1. The number of benzene rings is 4. The molecule has 1 aliphatic carbocycles. The number of halogens is 2. The van der Waals surface area contributed by atoms with E-state index in [0.29, 0.717) is 22.4 Å². The summed E-state index contributed by atoms with van der Waals surface area (Å²) >= 11 is 3.24. The Morgan fingerprint density at radius 2 is 1.74 bits per heavy atom. The number of amidine groups is 1. The molecule has 0 unspecified atom stereocenters. The maximum Gasteiger partial charge on any atom is 0.155 e. The summed E-state index contributed by atoms with van der Waals surface area (Å²) in [4.78, 5) is 9.70. The van der Waals surface area contributed by atoms with Crippen LogP contribution in [0.25, 0.3) is 16.8 Å². The van der Waals surface area contributed by atoms with Crippen LogP contribution < -0.4 is 0 Å². The van der Waals surface area contributed by atoms with Crippen molar-refractivity contribution in [2.24, 2.45) is 9.98 Å². The highest BCUT2D eigenvalue weighted by molar-refractivity contribution is 9.10. The van der Waals surface area contributed by atoms with Crippen molar-refractivity contribution in [1.82, 2.24) is 0 Å². The molecule has 1 aliphatic rings. The number of aliphatic imine (C=N–C) groups is 2. The van der Waals surface area contributed by atoms with Crippen LogP contribution in [-0.4, -0.2) is 11.5 Å². The lowest BCUT2D eigenvalue weighted by Crippen LogP contribution is -2.06. The average molecular weight is 511 g/mol. The first kappa shape index (κ1) is 22.4. The van der Waals surface area contributed by atoms with Gasteiger partial charge in [-0.25, -0.2) is 9.38 Å². The fourth-order valence-corrected chi connectivity index (χ4v) is 4.45. The summed E-state index contributed by atoms with van der Waals surface area (Å²) in [5.74, 6) is 0.188. The number of fused-ring (bicyclic) bond motifs is 2. The highest BCUT2D eigenvalue weighted by Gasteiger charge is 2.10. The Kier molecular flexibility index (Phi) is 6.50. The zero-order valence-corrected chi connectivity index (χ0v) is 20.5. The quantitative estimate of drug-likeness (QED) is 0.195. The zero-order valence-electron chi connectivity index (χ0n) is 18.9. The van der Waals surface area contributed by atoms with Gasteiger partial charge in [0.2, 0.25) is 0 Å². The maximum absolute atomic E-state index is 14.4. The van der Waals surface area contributed by atoms with Gasteiger partial charge in [-0.3, -0.25) is 4.99 Å². The molecule has 4 heteroatoms. The van der Waals surface area contributed by atoms with Gasteiger partial charge < -0.3 is 0 Å². The Morgan fingerprint density at radius 1 is 0.912 bits per heavy atom. The molecule has 0 N–H and O–H groups in total. The predicted molar refractivity (Wildman–Crippen MR) is 144 cm³/mol. The summed E-state index contributed by atoms with van der Waals surface area (Å²) in [6.07, 6.45) is 6.53. The van der Waals surface area contributed by atoms with Gasteiger partial charge in [-0.2, -0.15) is 0 Å². The molecule has 0 bridgehead atoms. The third-order valence-corrected chi connectivity index (χ3v) is 6.76. The van der Waals surface area contributed by atoms with Crippen LogP contribution in [0.1, 0.15) is 41.2 Å². The van der Waals surface area contributed by atoms with E-state index < -0.39 is 0 Å². The van der Waals surface area contributed by atoms with E-state index in [9.17, 15) is 4.39 Å². The molecule has 0 heterocycles. The first-order chi connectivity index (χ1) is 16.6. The predicted octanol–water partition coefficient (Wildman–Crippen LogP) is 8.16. The van der Waals surface area contributed by atoms with E-state index in [-0.39, 0.29) is 5.82 Å². The van der Waals surface area contributed by atoms with Crippen molar-refractivity contribution in [3.8, 4) is 0 Å². The average Bonchev–Trinajstić information content (AvgIpc) is 2.87. The molecule has 0 aromatic heterocycles. The molecule has 0 amide bonds. The standard InChI is InChI=1S/C30H24BrFN2/c1-20(24-13-12-23-7-3-5-9-26(23)17-24)34-30(27-14-15-28(31)29(32)18-27)33-19-21-10-11-22-6-2-4-8-25(22)16-21/h2,4-6,8-18H,3,7,19H2,1H3/b33-30-,34-20+. The van der Waals surface area contributed by atoms with Crippen LogP contribution in [-0.2, 0) is 13.0 Å². The first-order valence-corrected chi connectivity index (χ1v) is 12.2. The van der Waals surface area contributed by atoms with Crippen molar-refractivity contribution in [3.63, 3.8) is 0 Å². The van der Waals surface area contributed by atoms with Crippen molar-refractivity contribution in [3.05, 3.63) is 123 Å². The van der Waals surface area contributed by atoms with Gasteiger partial charge in [0.05, 0.1) is 11.0 Å². The molecule has 168 valence electrons. The molecule has 2 nitrogen and oxygen atoms in total. The van der Waals surface area contributed by atoms with Crippen LogP contribution >= 0.6 is 15.9 Å². The third-order valence-electron chi connectivity index (χ3n) is 6.12. The van der Waals surface area contributed by atoms with Gasteiger partial charge in [0.25, 0.3) is 0 Å². The van der Waals surface area contributed by atoms with Crippen molar-refractivity contribution in [1.29, 1.82) is 0 Å². The Hall–Kier alpha value is -3.37. The van der Waals surface area contributed by atoms with Gasteiger partial charge in [0.1, 0.15) is 5.82 Å². The lowest BCUT2D eigenvalue weighted by atomic mass is 9.94. The van der Waals surface area contributed by atoms with E-state index >= 15 is 0 Å². The minimum absolute atomic E-state index is 0.331. The van der Waals surface area contributed by atoms with E-state index in [1.807, 2.05) is 25.1 Å². The molecular formula is C30H24BrFN2. The summed E-state index contributed by atoms with van der Waals surface area (Å²) in [5, 5.41) is 2.37. The summed E-state index contributed by atoms with van der Waals surface area (Å²) in [6.45, 7) is 2.44. The Balaban J connectivity index is 1.52. The van der Waals surface area contributed by atoms with E-state index in [2.05, 4.69) is 76.6 Å². The molecule has 0 spiro atoms. The van der Waals surface area contributed by atoms with Crippen LogP contribution in [0.2, 0.25) is 0 Å². The normalized spacial score (nSPS) is 13.9. The minimum atomic E-state index is -0.331. The Labute approximate surface area is 207 Å². The second-order valence-corrected chi connectivity index (χ2v) is 9.36. The molecule has 34 heavy (non-hydrogen) atoms. The minimum Gasteiger partial charge on any atom is -0.261 e. The molecule has 0 saturated carbocycles. The number of allylic oxidation sites excluding steroid dienone is 1. The van der Waals surface area contributed by atoms with Gasteiger partial charge in [-0.05, 0) is 99.1 Å². The molecule has 0 aliphatic heterocycles. The number of nitrogens with zero attached hydrogens (tertiary/aromatic N) is 2. The number of hydrogen-bond donors (Lipinski definition) is 0. The fourth-order valence-electron chi connectivity index (χ4n) is 4.21. The highest BCUT2D eigenvalue weighted by atomic mass is 79.9. The van der Waals surface area contributed by atoms with E-state index in [1.54, 1.807) is 6.07 Å². The van der Waals surface area contributed by atoms with Gasteiger partial charge in [-0.15, -0.1) is 0 Å². The van der Waals surface area contributed by atoms with E-state index in [0.717, 1.165) is 29.7 Å². The largest absolute Gasteiger partial charge is 0.261 e. The molecule has 4 aromatic carbocycles. The fraction of sp³-hybridized carbons (Fsp3) is 0.133. The van der Waals surface area contributed by atoms with E-state index in [1.165, 1.54) is 28.0 Å². The molecule has 0 atom stereocenters. The van der Waals surface area contributed by atoms with Crippen molar-refractivity contribution < 1.29 is 4.39 Å². The summed E-state index contributed by atoms with van der Waals surface area (Å²) in [5.41, 5.74) is 6.23. The highest BCUT2D eigenvalue weighted by Crippen LogP contribution is 2.22. The van der Waals surface area contributed by atoms with Crippen molar-refractivity contribution in [2.75, 3.05) is 0 Å². The third kappa shape index (κ3) is 4.92. The van der Waals surface area contributed by atoms with Crippen molar-refractivity contribution in [2.45, 2.75) is 26.3 Å². The molecule has 5 rings (SSSR count). The van der Waals surface area contributed by atoms with Gasteiger partial charge in [-0.1, -0.05) is 60.7 Å². The summed E-state index contributed by atoms with van der Waals surface area (Å²) in [6, 6.07) is 26.1. The molecule has 0 saturated heterocycles. The second kappa shape index (κ2) is 9.86. The maximum atomic E-state index is 14.4. The summed E-state index contributed by atoms with van der Waals surface area (Å²) in [7, 11) is 0. The second-order valence-electron chi connectivity index (χ2n) is 8.50. The molecule has 4 aromatic rings. The topological polar surface area (TPSA) is 24.7 Å². The van der Waals surface area contributed by atoms with Crippen LogP contribution in [0.15, 0.2) is 99.4 Å². The zero-order chi connectivity index (χ0) is 23.5. The lowest BCUT2D eigenvalue weighted by Gasteiger charge is -2.12. The van der Waals surface area contributed by atoms with Crippen LogP contribution in [0.5, 0.6) is 0 Å². The van der Waals surface area contributed by atoms with E-state index in [4.69, 9.17) is 9.98 Å². The van der Waals surface area contributed by atoms with Crippen LogP contribution in [0.3, 0.4) is 0 Å². The number of hydrogen-bond acceptors (Lipinski definition) is 1. The van der Waals surface area contributed by atoms with Gasteiger partial charge in [0.15, 0.2) is 5.84 Å². The monoisotopic (exact) mass is 510 g/mol. The van der Waals surface area contributed by atoms with Crippen LogP contribution in [0, 0.1) is 5.82 Å². The molecular weight excluding hydrogens is 487 g/mol. The van der Waals surface area contributed by atoms with Gasteiger partial charge in [0, 0.05) is 11.3 Å². The SMILES string of the molecule is C/C(=N\C(=N/Cc1ccc2ccccc2c1)c1ccc(Br)c(F)c1)c1ccc2c(c1)C=CCC2. The number of rotatable bonds is 4. The smallest absolute Gasteiger partial charge is 0.155 e. The molecule has 0 fully saturated rings.